The Kier molecular flexibility index (Phi) is 2.98. The number of rotatable bonds is 1. The van der Waals surface area contributed by atoms with Gasteiger partial charge < -0.3 is 9.47 Å². The lowest BCUT2D eigenvalue weighted by molar-refractivity contribution is 0.0425. The van der Waals surface area contributed by atoms with Gasteiger partial charge in [-0.15, -0.1) is 0 Å². The van der Waals surface area contributed by atoms with E-state index in [1.54, 1.807) is 24.3 Å². The first-order valence-corrected chi connectivity index (χ1v) is 8.98. The molecule has 6 nitrogen and oxygen atoms in total. The highest BCUT2D eigenvalue weighted by Gasteiger charge is 2.48. The van der Waals surface area contributed by atoms with Gasteiger partial charge in [0.2, 0.25) is 0 Å². The fraction of sp³-hybridized carbons (Fsp3) is 0.273. The average molecular weight is 376 g/mol. The molecule has 2 aromatic carbocycles. The van der Waals surface area contributed by atoms with E-state index in [2.05, 4.69) is 13.8 Å². The van der Waals surface area contributed by atoms with Crippen molar-refractivity contribution in [3.05, 3.63) is 69.3 Å². The second-order valence-electron chi connectivity index (χ2n) is 8.45. The number of cyclic esters (lactones) is 4. The van der Waals surface area contributed by atoms with Gasteiger partial charge in [0, 0.05) is 5.41 Å². The summed E-state index contributed by atoms with van der Waals surface area (Å²) in [5.41, 5.74) is 3.04. The standard InChI is InChI=1S/C22H16O6/c1-21(2)9-22(3,10-4-5-11-12(6-10)18(24)27-17(11)23)16-8-14-13(7-15(16)21)19(25)28-20(14)26/h4-8H,9H2,1-3H3. The normalized spacial score (nSPS) is 24.0. The van der Waals surface area contributed by atoms with Gasteiger partial charge in [-0.05, 0) is 52.8 Å². The van der Waals surface area contributed by atoms with Gasteiger partial charge in [-0.25, -0.2) is 19.2 Å². The van der Waals surface area contributed by atoms with Crippen molar-refractivity contribution in [1.82, 2.24) is 0 Å². The Morgan fingerprint density at radius 2 is 1.18 bits per heavy atom. The van der Waals surface area contributed by atoms with Crippen molar-refractivity contribution in [2.24, 2.45) is 0 Å². The van der Waals surface area contributed by atoms with Gasteiger partial charge in [0.1, 0.15) is 0 Å². The molecule has 0 spiro atoms. The lowest BCUT2D eigenvalue weighted by Crippen LogP contribution is -2.24. The van der Waals surface area contributed by atoms with Crippen molar-refractivity contribution in [2.75, 3.05) is 0 Å². The molecule has 2 heterocycles. The summed E-state index contributed by atoms with van der Waals surface area (Å²) >= 11 is 0. The molecule has 1 atom stereocenters. The minimum absolute atomic E-state index is 0.255. The predicted octanol–water partition coefficient (Wildman–Crippen LogP) is 3.30. The van der Waals surface area contributed by atoms with Crippen LogP contribution in [0.25, 0.3) is 0 Å². The van der Waals surface area contributed by atoms with E-state index in [4.69, 9.17) is 9.47 Å². The molecule has 2 aromatic rings. The van der Waals surface area contributed by atoms with Crippen molar-refractivity contribution in [1.29, 1.82) is 0 Å². The number of fused-ring (bicyclic) bond motifs is 3. The molecule has 3 aliphatic rings. The van der Waals surface area contributed by atoms with Gasteiger partial charge in [-0.2, -0.15) is 0 Å². The SMILES string of the molecule is CC1(C)CC(C)(c2ccc3c(c2)C(=O)OC3=O)c2cc3c(cc21)C(=O)OC3=O. The van der Waals surface area contributed by atoms with Gasteiger partial charge in [-0.1, -0.05) is 26.8 Å². The fourth-order valence-corrected chi connectivity index (χ4v) is 4.91. The Morgan fingerprint density at radius 3 is 1.79 bits per heavy atom. The summed E-state index contributed by atoms with van der Waals surface area (Å²) in [6, 6.07) is 8.63. The molecular weight excluding hydrogens is 360 g/mol. The Hall–Kier alpha value is -3.28. The number of hydrogen-bond acceptors (Lipinski definition) is 6. The molecule has 0 saturated carbocycles. The molecule has 140 valence electrons. The zero-order valence-electron chi connectivity index (χ0n) is 15.5. The molecule has 1 unspecified atom stereocenters. The molecule has 5 rings (SSSR count). The van der Waals surface area contributed by atoms with Crippen molar-refractivity contribution < 1.29 is 28.7 Å². The number of hydrogen-bond donors (Lipinski definition) is 0. The van der Waals surface area contributed by atoms with Crippen molar-refractivity contribution >= 4 is 23.9 Å². The largest absolute Gasteiger partial charge is 0.386 e. The van der Waals surface area contributed by atoms with Gasteiger partial charge in [-0.3, -0.25) is 0 Å². The second kappa shape index (κ2) is 4.95. The molecule has 0 amide bonds. The van der Waals surface area contributed by atoms with Crippen LogP contribution in [-0.4, -0.2) is 23.9 Å². The number of ether oxygens (including phenoxy) is 2. The third-order valence-corrected chi connectivity index (χ3v) is 6.18. The van der Waals surface area contributed by atoms with Crippen molar-refractivity contribution in [2.45, 2.75) is 38.0 Å². The lowest BCUT2D eigenvalue weighted by Gasteiger charge is -2.28. The van der Waals surface area contributed by atoms with Crippen LogP contribution in [0.3, 0.4) is 0 Å². The van der Waals surface area contributed by atoms with E-state index in [1.165, 1.54) is 0 Å². The molecular formula is C22H16O6. The van der Waals surface area contributed by atoms with E-state index in [0.29, 0.717) is 12.0 Å². The molecule has 0 aromatic heterocycles. The summed E-state index contributed by atoms with van der Waals surface area (Å²) in [7, 11) is 0. The highest BCUT2D eigenvalue weighted by molar-refractivity contribution is 6.15. The molecule has 0 radical (unpaired) electrons. The van der Waals surface area contributed by atoms with Crippen molar-refractivity contribution in [3.63, 3.8) is 0 Å². The van der Waals surface area contributed by atoms with Crippen LogP contribution in [0.15, 0.2) is 30.3 Å². The third kappa shape index (κ3) is 1.97. The smallest absolute Gasteiger partial charge is 0.346 e. The van der Waals surface area contributed by atoms with Crippen LogP contribution in [0.1, 0.15) is 85.3 Å². The number of carbonyl (C=O) groups excluding carboxylic acids is 4. The van der Waals surface area contributed by atoms with Crippen molar-refractivity contribution in [3.8, 4) is 0 Å². The summed E-state index contributed by atoms with van der Waals surface area (Å²) in [5, 5.41) is 0. The zero-order chi connectivity index (χ0) is 20.0. The average Bonchev–Trinajstić information content (AvgIpc) is 3.16. The summed E-state index contributed by atoms with van der Waals surface area (Å²) < 4.78 is 9.46. The maximum atomic E-state index is 12.1. The fourth-order valence-electron chi connectivity index (χ4n) is 4.91. The Morgan fingerprint density at radius 1 is 0.679 bits per heavy atom. The minimum atomic E-state index is -0.647. The van der Waals surface area contributed by atoms with E-state index in [-0.39, 0.29) is 22.1 Å². The highest BCUT2D eigenvalue weighted by atomic mass is 16.6. The van der Waals surface area contributed by atoms with Gasteiger partial charge >= 0.3 is 23.9 Å². The van der Waals surface area contributed by atoms with Crippen LogP contribution in [-0.2, 0) is 20.3 Å². The quantitative estimate of drug-likeness (QED) is 0.561. The van der Waals surface area contributed by atoms with E-state index in [0.717, 1.165) is 16.7 Å². The number of benzene rings is 2. The molecule has 0 saturated heterocycles. The monoisotopic (exact) mass is 376 g/mol. The molecule has 0 bridgehead atoms. The summed E-state index contributed by atoms with van der Waals surface area (Å²) in [5.74, 6) is -2.54. The molecule has 0 N–H and O–H groups in total. The molecule has 6 heteroatoms. The van der Waals surface area contributed by atoms with E-state index in [1.807, 2.05) is 13.0 Å². The molecule has 0 fully saturated rings. The van der Waals surface area contributed by atoms with Gasteiger partial charge in [0.05, 0.1) is 22.3 Å². The van der Waals surface area contributed by atoms with Gasteiger partial charge in [0.25, 0.3) is 0 Å². The first-order valence-electron chi connectivity index (χ1n) is 8.98. The minimum Gasteiger partial charge on any atom is -0.386 e. The first kappa shape index (κ1) is 16.9. The maximum absolute atomic E-state index is 12.1. The lowest BCUT2D eigenvalue weighted by atomic mass is 9.74. The first-order chi connectivity index (χ1) is 13.1. The Balaban J connectivity index is 1.74. The second-order valence-corrected chi connectivity index (χ2v) is 8.45. The number of carbonyl (C=O) groups is 4. The van der Waals surface area contributed by atoms with E-state index in [9.17, 15) is 19.2 Å². The summed E-state index contributed by atoms with van der Waals surface area (Å²) in [4.78, 5) is 47.8. The van der Waals surface area contributed by atoms with Crippen LogP contribution in [0, 0.1) is 0 Å². The third-order valence-electron chi connectivity index (χ3n) is 6.18. The number of esters is 4. The molecule has 1 aliphatic carbocycles. The van der Waals surface area contributed by atoms with E-state index < -0.39 is 29.3 Å². The molecule has 28 heavy (non-hydrogen) atoms. The topological polar surface area (TPSA) is 86.7 Å². The Labute approximate surface area is 160 Å². The summed E-state index contributed by atoms with van der Waals surface area (Å²) in [6.45, 7) is 6.20. The Bertz CT molecular complexity index is 1160. The van der Waals surface area contributed by atoms with Crippen LogP contribution in [0.2, 0.25) is 0 Å². The highest BCUT2D eigenvalue weighted by Crippen LogP contribution is 2.54. The van der Waals surface area contributed by atoms with Crippen LogP contribution in [0.5, 0.6) is 0 Å². The molecule has 2 aliphatic heterocycles. The van der Waals surface area contributed by atoms with Gasteiger partial charge in [0.15, 0.2) is 0 Å². The van der Waals surface area contributed by atoms with E-state index >= 15 is 0 Å². The van der Waals surface area contributed by atoms with Crippen LogP contribution < -0.4 is 0 Å². The van der Waals surface area contributed by atoms with Crippen LogP contribution >= 0.6 is 0 Å². The maximum Gasteiger partial charge on any atom is 0.346 e. The summed E-state index contributed by atoms with van der Waals surface area (Å²) in [6.07, 6.45) is 0.712. The predicted molar refractivity (Wildman–Crippen MR) is 96.5 cm³/mol. The van der Waals surface area contributed by atoms with Crippen LogP contribution in [0.4, 0.5) is 0 Å². The zero-order valence-corrected chi connectivity index (χ0v) is 15.5.